The smallest absolute Gasteiger partial charge is 0.207 e. The summed E-state index contributed by atoms with van der Waals surface area (Å²) in [6.07, 6.45) is -4.27. The molecule has 1 rings (SSSR count). The normalized spacial score (nSPS) is 13.7. The third-order valence-electron chi connectivity index (χ3n) is 3.56. The van der Waals surface area contributed by atoms with E-state index >= 15 is 0 Å². The molecule has 1 aromatic rings. The van der Waals surface area contributed by atoms with E-state index < -0.39 is 32.2 Å². The topological polar surface area (TPSA) is 46.2 Å². The van der Waals surface area contributed by atoms with E-state index in [0.29, 0.717) is 12.0 Å². The summed E-state index contributed by atoms with van der Waals surface area (Å²) in [5.41, 5.74) is -1.50. The first-order valence-electron chi connectivity index (χ1n) is 7.05. The summed E-state index contributed by atoms with van der Waals surface area (Å²) < 4.78 is 66.8. The number of halogens is 3. The quantitative estimate of drug-likeness (QED) is 0.871. The van der Waals surface area contributed by atoms with Gasteiger partial charge in [-0.15, -0.1) is 0 Å². The molecule has 0 aromatic heterocycles. The molecule has 0 unspecified atom stereocenters. The Kier molecular flexibility index (Phi) is 5.34. The molecule has 0 aliphatic heterocycles. The van der Waals surface area contributed by atoms with Crippen molar-refractivity contribution in [3.8, 4) is 0 Å². The molecular formula is C15H22F3NO2S. The van der Waals surface area contributed by atoms with Crippen molar-refractivity contribution in [1.82, 2.24) is 4.72 Å². The van der Waals surface area contributed by atoms with Crippen molar-refractivity contribution >= 4 is 10.0 Å². The average molecular weight is 337 g/mol. The zero-order chi connectivity index (χ0) is 17.3. The molecule has 126 valence electrons. The third-order valence-corrected chi connectivity index (χ3v) is 5.32. The number of sulfonamides is 1. The van der Waals surface area contributed by atoms with E-state index in [2.05, 4.69) is 4.72 Å². The molecule has 1 aromatic carbocycles. The first-order chi connectivity index (χ1) is 9.80. The molecular weight excluding hydrogens is 315 g/mol. The molecule has 0 heterocycles. The molecule has 0 amide bonds. The van der Waals surface area contributed by atoms with Gasteiger partial charge in [0, 0.05) is 5.54 Å². The maximum absolute atomic E-state index is 13.2. The molecule has 3 nitrogen and oxygen atoms in total. The van der Waals surface area contributed by atoms with Gasteiger partial charge in [-0.05, 0) is 43.9 Å². The fraction of sp³-hybridized carbons (Fsp3) is 0.600. The molecule has 0 saturated carbocycles. The molecule has 0 saturated heterocycles. The van der Waals surface area contributed by atoms with Crippen LogP contribution >= 0.6 is 0 Å². The van der Waals surface area contributed by atoms with Crippen molar-refractivity contribution in [3.05, 3.63) is 29.3 Å². The van der Waals surface area contributed by atoms with Crippen LogP contribution in [0.2, 0.25) is 0 Å². The van der Waals surface area contributed by atoms with Gasteiger partial charge in [-0.25, -0.2) is 13.1 Å². The summed E-state index contributed by atoms with van der Waals surface area (Å²) in [6.45, 7) is 8.51. The van der Waals surface area contributed by atoms with Gasteiger partial charge in [-0.2, -0.15) is 13.2 Å². The van der Waals surface area contributed by atoms with Gasteiger partial charge >= 0.3 is 6.18 Å². The second-order valence-corrected chi connectivity index (χ2v) is 7.90. The highest BCUT2D eigenvalue weighted by molar-refractivity contribution is 7.89. The molecule has 1 N–H and O–H groups in total. The molecule has 0 radical (unpaired) electrons. The minimum absolute atomic E-state index is 0.127. The van der Waals surface area contributed by atoms with Crippen molar-refractivity contribution in [2.75, 3.05) is 0 Å². The van der Waals surface area contributed by atoms with Crippen LogP contribution in [0.25, 0.3) is 0 Å². The number of benzene rings is 1. The zero-order valence-corrected chi connectivity index (χ0v) is 14.2. The first-order valence-corrected chi connectivity index (χ1v) is 8.53. The maximum atomic E-state index is 13.2. The number of alkyl halides is 3. The van der Waals surface area contributed by atoms with E-state index in [1.807, 2.05) is 0 Å². The van der Waals surface area contributed by atoms with Crippen LogP contribution in [0.3, 0.4) is 0 Å². The van der Waals surface area contributed by atoms with E-state index in [0.717, 1.165) is 12.1 Å². The summed E-state index contributed by atoms with van der Waals surface area (Å²) in [6, 6.07) is 3.37. The van der Waals surface area contributed by atoms with Crippen LogP contribution in [0.1, 0.15) is 58.1 Å². The van der Waals surface area contributed by atoms with Gasteiger partial charge in [-0.1, -0.05) is 26.8 Å². The summed E-state index contributed by atoms with van der Waals surface area (Å²) >= 11 is 0. The minimum atomic E-state index is -4.73. The Bertz CT molecular complexity index is 635. The Labute approximate surface area is 130 Å². The largest absolute Gasteiger partial charge is 0.417 e. The van der Waals surface area contributed by atoms with Crippen molar-refractivity contribution < 1.29 is 21.6 Å². The Morgan fingerprint density at radius 3 is 2.14 bits per heavy atom. The Morgan fingerprint density at radius 1 is 1.18 bits per heavy atom. The summed E-state index contributed by atoms with van der Waals surface area (Å²) in [7, 11) is -4.26. The molecule has 0 spiro atoms. The van der Waals surface area contributed by atoms with E-state index in [-0.39, 0.29) is 5.92 Å². The number of nitrogens with one attached hydrogen (secondary N) is 1. The van der Waals surface area contributed by atoms with Crippen LogP contribution in [0.5, 0.6) is 0 Å². The lowest BCUT2D eigenvalue weighted by molar-refractivity contribution is -0.140. The predicted molar refractivity (Wildman–Crippen MR) is 80.2 cm³/mol. The van der Waals surface area contributed by atoms with E-state index in [4.69, 9.17) is 0 Å². The monoisotopic (exact) mass is 337 g/mol. The SMILES string of the molecule is CCC(C)(C)NS(=O)(=O)c1ccc(C(C)C)cc1C(F)(F)F. The molecule has 0 aliphatic rings. The fourth-order valence-electron chi connectivity index (χ4n) is 1.85. The summed E-state index contributed by atoms with van der Waals surface area (Å²) in [5.74, 6) is -0.127. The highest BCUT2D eigenvalue weighted by atomic mass is 32.2. The standard InChI is InChI=1S/C15H22F3NO2S/c1-6-14(4,5)19-22(20,21)13-8-7-11(10(2)3)9-12(13)15(16,17)18/h7-10,19H,6H2,1-5H3. The van der Waals surface area contributed by atoms with E-state index in [9.17, 15) is 21.6 Å². The van der Waals surface area contributed by atoms with Crippen LogP contribution < -0.4 is 4.72 Å². The second-order valence-electron chi connectivity index (χ2n) is 6.25. The van der Waals surface area contributed by atoms with Gasteiger partial charge < -0.3 is 0 Å². The van der Waals surface area contributed by atoms with Crippen molar-refractivity contribution in [2.45, 2.75) is 63.6 Å². The van der Waals surface area contributed by atoms with Crippen molar-refractivity contribution in [3.63, 3.8) is 0 Å². The highest BCUT2D eigenvalue weighted by Crippen LogP contribution is 2.36. The lowest BCUT2D eigenvalue weighted by atomic mass is 10.0. The molecule has 22 heavy (non-hydrogen) atoms. The van der Waals surface area contributed by atoms with Gasteiger partial charge in [0.25, 0.3) is 0 Å². The zero-order valence-electron chi connectivity index (χ0n) is 13.4. The van der Waals surface area contributed by atoms with Gasteiger partial charge in [-0.3, -0.25) is 0 Å². The van der Waals surface area contributed by atoms with Crippen molar-refractivity contribution in [2.24, 2.45) is 0 Å². The Hall–Kier alpha value is -1.08. The third kappa shape index (κ3) is 4.46. The number of rotatable bonds is 5. The molecule has 0 aliphatic carbocycles. The lowest BCUT2D eigenvalue weighted by Crippen LogP contribution is -2.43. The van der Waals surface area contributed by atoms with E-state index in [1.165, 1.54) is 6.07 Å². The molecule has 7 heteroatoms. The molecule has 0 fully saturated rings. The number of hydrogen-bond acceptors (Lipinski definition) is 2. The summed E-state index contributed by atoms with van der Waals surface area (Å²) in [5, 5.41) is 0. The average Bonchev–Trinajstić information content (AvgIpc) is 2.35. The van der Waals surface area contributed by atoms with Gasteiger partial charge in [0.2, 0.25) is 10.0 Å². The van der Waals surface area contributed by atoms with Crippen LogP contribution in [0.4, 0.5) is 13.2 Å². The first kappa shape index (κ1) is 19.0. The van der Waals surface area contributed by atoms with Crippen LogP contribution in [0, 0.1) is 0 Å². The van der Waals surface area contributed by atoms with Crippen LogP contribution in [-0.4, -0.2) is 14.0 Å². The maximum Gasteiger partial charge on any atom is 0.417 e. The minimum Gasteiger partial charge on any atom is -0.207 e. The Balaban J connectivity index is 3.47. The van der Waals surface area contributed by atoms with Crippen LogP contribution in [-0.2, 0) is 16.2 Å². The molecule has 0 bridgehead atoms. The summed E-state index contributed by atoms with van der Waals surface area (Å²) in [4.78, 5) is -0.731. The van der Waals surface area contributed by atoms with Crippen molar-refractivity contribution in [1.29, 1.82) is 0 Å². The lowest BCUT2D eigenvalue weighted by Gasteiger charge is -2.25. The fourth-order valence-corrected chi connectivity index (χ4v) is 3.55. The second kappa shape index (κ2) is 6.20. The van der Waals surface area contributed by atoms with Gasteiger partial charge in [0.05, 0.1) is 10.5 Å². The predicted octanol–water partition coefficient (Wildman–Crippen LogP) is 4.30. The van der Waals surface area contributed by atoms with Gasteiger partial charge in [0.1, 0.15) is 0 Å². The van der Waals surface area contributed by atoms with E-state index in [1.54, 1.807) is 34.6 Å². The molecule has 0 atom stereocenters. The van der Waals surface area contributed by atoms with Crippen LogP contribution in [0.15, 0.2) is 23.1 Å². The highest BCUT2D eigenvalue weighted by Gasteiger charge is 2.38. The van der Waals surface area contributed by atoms with Gasteiger partial charge in [0.15, 0.2) is 0 Å². The number of hydrogen-bond donors (Lipinski definition) is 1. The Morgan fingerprint density at radius 2 is 1.73 bits per heavy atom.